The van der Waals surface area contributed by atoms with Crippen LogP contribution in [-0.4, -0.2) is 10.9 Å². The van der Waals surface area contributed by atoms with Crippen LogP contribution in [0.2, 0.25) is 0 Å². The van der Waals surface area contributed by atoms with E-state index in [4.69, 9.17) is 22.6 Å². The van der Waals surface area contributed by atoms with Crippen LogP contribution in [0.15, 0.2) is 0 Å². The average Bonchev–Trinajstić information content (AvgIpc) is 1.62. The molecule has 9 heavy (non-hydrogen) atoms. The maximum absolute atomic E-state index is 8.21. The molecule has 2 nitrogen and oxygen atoms in total. The summed E-state index contributed by atoms with van der Waals surface area (Å²) >= 11 is 5.64. The van der Waals surface area contributed by atoms with Gasteiger partial charge in [0, 0.05) is 0 Å². The van der Waals surface area contributed by atoms with Gasteiger partial charge < -0.3 is 5.73 Å². The van der Waals surface area contributed by atoms with Crippen molar-refractivity contribution in [2.75, 3.05) is 0 Å². The first-order valence-corrected chi connectivity index (χ1v) is 2.70. The van der Waals surface area contributed by atoms with Crippen molar-refractivity contribution in [2.24, 2.45) is 5.73 Å². The van der Waals surface area contributed by atoms with Crippen molar-refractivity contribution >= 4 is 24.0 Å². The van der Waals surface area contributed by atoms with Gasteiger partial charge in [0.25, 0.3) is 0 Å². The molecule has 0 aromatic heterocycles. The second-order valence-corrected chi connectivity index (χ2v) is 3.15. The molecule has 0 saturated heterocycles. The summed E-state index contributed by atoms with van der Waals surface area (Å²) in [5.41, 5.74) is 5.26. The first-order valence-electron chi connectivity index (χ1n) is 2.32. The van der Waals surface area contributed by atoms with Crippen LogP contribution < -0.4 is 5.73 Å². The average molecular weight is 169 g/mol. The first kappa shape index (κ1) is 11.8. The normalized spacial score (nSPS) is 13.2. The van der Waals surface area contributed by atoms with Crippen LogP contribution in [0.1, 0.15) is 13.8 Å². The number of hydrogen-bond acceptors (Lipinski definition) is 2. The van der Waals surface area contributed by atoms with E-state index in [2.05, 4.69) is 0 Å². The molecule has 0 bridgehead atoms. The topological polar surface area (TPSA) is 49.8 Å². The van der Waals surface area contributed by atoms with Crippen LogP contribution in [0, 0.1) is 11.3 Å². The van der Waals surface area contributed by atoms with Gasteiger partial charge in [0.05, 0.1) is 10.9 Å². The zero-order chi connectivity index (χ0) is 6.78. The lowest BCUT2D eigenvalue weighted by Gasteiger charge is -2.16. The number of nitrogens with two attached hydrogens (primary N) is 1. The summed E-state index contributed by atoms with van der Waals surface area (Å²) in [4.78, 5) is -0.602. The van der Waals surface area contributed by atoms with Crippen molar-refractivity contribution in [1.29, 1.82) is 5.26 Å². The Hall–Kier alpha value is 0.0300. The lowest BCUT2D eigenvalue weighted by Crippen LogP contribution is -2.36. The van der Waals surface area contributed by atoms with Crippen LogP contribution in [0.25, 0.3) is 0 Å². The van der Waals surface area contributed by atoms with Crippen molar-refractivity contribution in [2.45, 2.75) is 24.8 Å². The molecule has 0 saturated carbocycles. The molecule has 0 aliphatic carbocycles. The molecular formula is C5H10Cl2N2. The second kappa shape index (κ2) is 3.94. The van der Waals surface area contributed by atoms with Gasteiger partial charge in [0.15, 0.2) is 0 Å². The molecule has 54 valence electrons. The van der Waals surface area contributed by atoms with Crippen molar-refractivity contribution in [3.8, 4) is 6.07 Å². The predicted octanol–water partition coefficient (Wildman–Crippen LogP) is 1.28. The molecule has 0 aromatic rings. The van der Waals surface area contributed by atoms with Gasteiger partial charge in [-0.05, 0) is 13.8 Å². The highest BCUT2D eigenvalue weighted by Gasteiger charge is 2.22. The molecular weight excluding hydrogens is 159 g/mol. The standard InChI is InChI=1S/C5H9ClN2.ClH/c1-5(2,6)4(8)3-7;/h4H,8H2,1-2H3;1H. The Kier molecular flexibility index (Phi) is 5.16. The monoisotopic (exact) mass is 168 g/mol. The fraction of sp³-hybridized carbons (Fsp3) is 0.800. The Morgan fingerprint density at radius 1 is 1.67 bits per heavy atom. The van der Waals surface area contributed by atoms with Crippen LogP contribution in [0.3, 0.4) is 0 Å². The van der Waals surface area contributed by atoms with Gasteiger partial charge >= 0.3 is 0 Å². The van der Waals surface area contributed by atoms with Crippen LogP contribution in [0.5, 0.6) is 0 Å². The van der Waals surface area contributed by atoms with Crippen molar-refractivity contribution in [3.63, 3.8) is 0 Å². The van der Waals surface area contributed by atoms with E-state index in [1.807, 2.05) is 6.07 Å². The highest BCUT2D eigenvalue weighted by atomic mass is 35.5. The lowest BCUT2D eigenvalue weighted by molar-refractivity contribution is 0.621. The molecule has 1 atom stereocenters. The van der Waals surface area contributed by atoms with E-state index in [1.165, 1.54) is 0 Å². The molecule has 0 aliphatic heterocycles. The number of nitriles is 1. The smallest absolute Gasteiger partial charge is 0.112 e. The summed E-state index contributed by atoms with van der Waals surface area (Å²) in [5, 5.41) is 8.21. The summed E-state index contributed by atoms with van der Waals surface area (Å²) in [7, 11) is 0. The van der Waals surface area contributed by atoms with E-state index in [0.717, 1.165) is 0 Å². The third-order valence-corrected chi connectivity index (χ3v) is 1.11. The molecule has 4 heteroatoms. The van der Waals surface area contributed by atoms with E-state index in [1.54, 1.807) is 13.8 Å². The van der Waals surface area contributed by atoms with Crippen LogP contribution in [0.4, 0.5) is 0 Å². The zero-order valence-electron chi connectivity index (χ0n) is 5.39. The molecule has 0 rings (SSSR count). The minimum absolute atomic E-state index is 0. The second-order valence-electron chi connectivity index (χ2n) is 2.17. The highest BCUT2D eigenvalue weighted by Crippen LogP contribution is 2.14. The first-order chi connectivity index (χ1) is 3.48. The fourth-order valence-corrected chi connectivity index (χ4v) is 0.202. The molecule has 0 fully saturated rings. The fourth-order valence-electron chi connectivity index (χ4n) is 0.153. The van der Waals surface area contributed by atoms with Gasteiger partial charge in [-0.1, -0.05) is 0 Å². The number of nitrogens with zero attached hydrogens (tertiary/aromatic N) is 1. The molecule has 0 aliphatic rings. The summed E-state index contributed by atoms with van der Waals surface area (Å²) in [6, 6.07) is 1.27. The summed E-state index contributed by atoms with van der Waals surface area (Å²) in [6.07, 6.45) is 0. The Balaban J connectivity index is 0. The molecule has 0 heterocycles. The zero-order valence-corrected chi connectivity index (χ0v) is 6.96. The summed E-state index contributed by atoms with van der Waals surface area (Å²) in [5.74, 6) is 0. The van der Waals surface area contributed by atoms with Gasteiger partial charge in [-0.2, -0.15) is 5.26 Å². The quantitative estimate of drug-likeness (QED) is 0.601. The lowest BCUT2D eigenvalue weighted by atomic mass is 10.1. The molecule has 0 aromatic carbocycles. The Morgan fingerprint density at radius 2 is 2.00 bits per heavy atom. The van der Waals surface area contributed by atoms with Crippen LogP contribution >= 0.6 is 24.0 Å². The van der Waals surface area contributed by atoms with Gasteiger partial charge in [-0.15, -0.1) is 24.0 Å². The van der Waals surface area contributed by atoms with E-state index in [-0.39, 0.29) is 12.4 Å². The minimum Gasteiger partial charge on any atom is -0.314 e. The van der Waals surface area contributed by atoms with E-state index in [9.17, 15) is 0 Å². The Morgan fingerprint density at radius 3 is 2.00 bits per heavy atom. The van der Waals surface area contributed by atoms with Gasteiger partial charge in [0.1, 0.15) is 6.04 Å². The van der Waals surface area contributed by atoms with E-state index < -0.39 is 10.9 Å². The Labute approximate surface area is 66.4 Å². The number of rotatable bonds is 1. The van der Waals surface area contributed by atoms with Gasteiger partial charge in [-0.25, -0.2) is 0 Å². The maximum Gasteiger partial charge on any atom is 0.112 e. The highest BCUT2D eigenvalue weighted by molar-refractivity contribution is 6.24. The molecule has 0 radical (unpaired) electrons. The van der Waals surface area contributed by atoms with Crippen molar-refractivity contribution in [1.82, 2.24) is 0 Å². The van der Waals surface area contributed by atoms with Gasteiger partial charge in [-0.3, -0.25) is 0 Å². The molecule has 0 spiro atoms. The number of halogens is 2. The SMILES string of the molecule is CC(C)(Cl)C(N)C#N.Cl. The maximum atomic E-state index is 8.21. The van der Waals surface area contributed by atoms with Crippen LogP contribution in [-0.2, 0) is 0 Å². The Bertz CT molecular complexity index is 111. The molecule has 1 unspecified atom stereocenters. The van der Waals surface area contributed by atoms with Crippen molar-refractivity contribution < 1.29 is 0 Å². The van der Waals surface area contributed by atoms with E-state index >= 15 is 0 Å². The molecule has 2 N–H and O–H groups in total. The predicted molar refractivity (Wildman–Crippen MR) is 40.8 cm³/mol. The summed E-state index contributed by atoms with van der Waals surface area (Å²) in [6.45, 7) is 3.42. The van der Waals surface area contributed by atoms with E-state index in [0.29, 0.717) is 0 Å². The number of hydrogen-bond donors (Lipinski definition) is 1. The number of alkyl halides is 1. The van der Waals surface area contributed by atoms with Gasteiger partial charge in [0.2, 0.25) is 0 Å². The minimum atomic E-state index is -0.602. The summed E-state index contributed by atoms with van der Waals surface area (Å²) < 4.78 is 0. The third kappa shape index (κ3) is 4.53. The third-order valence-electron chi connectivity index (χ3n) is 0.879. The van der Waals surface area contributed by atoms with Crippen molar-refractivity contribution in [3.05, 3.63) is 0 Å². The molecule has 0 amide bonds. The largest absolute Gasteiger partial charge is 0.314 e.